The van der Waals surface area contributed by atoms with E-state index in [2.05, 4.69) is 27.2 Å². The Kier molecular flexibility index (Phi) is 7.88. The number of anilines is 1. The number of carbonyl (C=O) groups is 2. The van der Waals surface area contributed by atoms with E-state index < -0.39 is 5.97 Å². The van der Waals surface area contributed by atoms with Crippen molar-refractivity contribution in [3.63, 3.8) is 0 Å². The highest BCUT2D eigenvalue weighted by atomic mass is 35.5. The third-order valence-corrected chi connectivity index (χ3v) is 6.67. The van der Waals surface area contributed by atoms with Crippen molar-refractivity contribution in [3.05, 3.63) is 50.9 Å². The predicted octanol–water partition coefficient (Wildman–Crippen LogP) is 3.82. The van der Waals surface area contributed by atoms with Crippen molar-refractivity contribution < 1.29 is 14.3 Å². The van der Waals surface area contributed by atoms with Crippen molar-refractivity contribution in [2.24, 2.45) is 0 Å². The van der Waals surface area contributed by atoms with Gasteiger partial charge >= 0.3 is 5.97 Å². The molecular formula is C22H28ClN3O3S. The number of carbonyl (C=O) groups excluding carboxylic acids is 2. The smallest absolute Gasteiger partial charge is 0.341 e. The third kappa shape index (κ3) is 5.60. The molecule has 1 fully saturated rings. The van der Waals surface area contributed by atoms with Crippen LogP contribution in [-0.2, 0) is 22.5 Å². The second-order valence-corrected chi connectivity index (χ2v) is 9.07. The van der Waals surface area contributed by atoms with Gasteiger partial charge < -0.3 is 10.1 Å². The van der Waals surface area contributed by atoms with Gasteiger partial charge in [0, 0.05) is 42.6 Å². The first-order valence-corrected chi connectivity index (χ1v) is 11.3. The number of esters is 1. The Labute approximate surface area is 186 Å². The van der Waals surface area contributed by atoms with Gasteiger partial charge in [-0.2, -0.15) is 0 Å². The molecule has 2 aromatic rings. The maximum absolute atomic E-state index is 12.6. The number of halogens is 1. The molecule has 0 aliphatic carbocycles. The molecule has 3 rings (SSSR count). The third-order valence-electron chi connectivity index (χ3n) is 5.36. The fourth-order valence-electron chi connectivity index (χ4n) is 3.73. The molecule has 8 heteroatoms. The second kappa shape index (κ2) is 10.4. The number of nitrogens with one attached hydrogen (secondary N) is 1. The Bertz CT molecular complexity index is 890. The average Bonchev–Trinajstić information content (AvgIpc) is 3.05. The number of ether oxygens (including phenoxy) is 1. The Morgan fingerprint density at radius 2 is 1.77 bits per heavy atom. The molecule has 2 heterocycles. The molecule has 0 spiro atoms. The lowest BCUT2D eigenvalue weighted by atomic mass is 10.1. The van der Waals surface area contributed by atoms with Crippen LogP contribution in [0, 0.1) is 6.92 Å². The van der Waals surface area contributed by atoms with Gasteiger partial charge in [0.2, 0.25) is 5.91 Å². The number of rotatable bonds is 7. The molecule has 1 N–H and O–H groups in total. The number of methoxy groups -OCH3 is 1. The molecule has 1 aromatic carbocycles. The Morgan fingerprint density at radius 1 is 1.13 bits per heavy atom. The van der Waals surface area contributed by atoms with Gasteiger partial charge in [-0.05, 0) is 36.6 Å². The Morgan fingerprint density at radius 3 is 2.37 bits per heavy atom. The van der Waals surface area contributed by atoms with E-state index in [1.165, 1.54) is 24.0 Å². The van der Waals surface area contributed by atoms with Crippen molar-refractivity contribution in [2.45, 2.75) is 26.8 Å². The van der Waals surface area contributed by atoms with Crippen LogP contribution in [0.15, 0.2) is 24.3 Å². The summed E-state index contributed by atoms with van der Waals surface area (Å²) in [6.07, 6.45) is 0.720. The largest absolute Gasteiger partial charge is 0.465 e. The number of aryl methyl sites for hydroxylation is 1. The zero-order valence-electron chi connectivity index (χ0n) is 17.7. The van der Waals surface area contributed by atoms with Gasteiger partial charge in [-0.15, -0.1) is 11.3 Å². The number of thiophene rings is 1. The minimum Gasteiger partial charge on any atom is -0.465 e. The lowest BCUT2D eigenvalue weighted by Crippen LogP contribution is -2.48. The molecule has 30 heavy (non-hydrogen) atoms. The molecule has 162 valence electrons. The zero-order chi connectivity index (χ0) is 21.7. The summed E-state index contributed by atoms with van der Waals surface area (Å²) in [7, 11) is 1.36. The van der Waals surface area contributed by atoms with Crippen LogP contribution in [0.25, 0.3) is 0 Å². The van der Waals surface area contributed by atoms with E-state index in [1.807, 2.05) is 26.0 Å². The van der Waals surface area contributed by atoms with Crippen molar-refractivity contribution in [1.29, 1.82) is 0 Å². The van der Waals surface area contributed by atoms with Crippen LogP contribution in [-0.4, -0.2) is 61.5 Å². The first kappa shape index (κ1) is 22.7. The highest BCUT2D eigenvalue weighted by molar-refractivity contribution is 7.16. The van der Waals surface area contributed by atoms with E-state index >= 15 is 0 Å². The van der Waals surface area contributed by atoms with E-state index in [9.17, 15) is 9.59 Å². The van der Waals surface area contributed by atoms with Gasteiger partial charge in [0.25, 0.3) is 0 Å². The van der Waals surface area contributed by atoms with Crippen molar-refractivity contribution in [2.75, 3.05) is 45.2 Å². The summed E-state index contributed by atoms with van der Waals surface area (Å²) in [6.45, 7) is 8.62. The second-order valence-electron chi connectivity index (χ2n) is 7.41. The lowest BCUT2D eigenvalue weighted by Gasteiger charge is -2.34. The summed E-state index contributed by atoms with van der Waals surface area (Å²) in [5, 5.41) is 4.27. The van der Waals surface area contributed by atoms with Crippen LogP contribution in [0.5, 0.6) is 0 Å². The summed E-state index contributed by atoms with van der Waals surface area (Å²) in [4.78, 5) is 30.4. The fourth-order valence-corrected chi connectivity index (χ4v) is 5.01. The summed E-state index contributed by atoms with van der Waals surface area (Å²) >= 11 is 7.38. The summed E-state index contributed by atoms with van der Waals surface area (Å²) < 4.78 is 4.92. The fraction of sp³-hybridized carbons (Fsp3) is 0.455. The topological polar surface area (TPSA) is 61.9 Å². The van der Waals surface area contributed by atoms with Crippen molar-refractivity contribution in [3.8, 4) is 0 Å². The quantitative estimate of drug-likeness (QED) is 0.651. The molecular weight excluding hydrogens is 422 g/mol. The van der Waals surface area contributed by atoms with E-state index in [0.29, 0.717) is 17.1 Å². The molecule has 0 radical (unpaired) electrons. The number of nitrogens with zero attached hydrogens (tertiary/aromatic N) is 2. The van der Waals surface area contributed by atoms with Gasteiger partial charge in [-0.1, -0.05) is 30.7 Å². The van der Waals surface area contributed by atoms with Crippen LogP contribution in [0.4, 0.5) is 5.00 Å². The zero-order valence-corrected chi connectivity index (χ0v) is 19.2. The number of hydrogen-bond donors (Lipinski definition) is 1. The molecule has 1 saturated heterocycles. The molecule has 0 unspecified atom stereocenters. The van der Waals surface area contributed by atoms with E-state index in [-0.39, 0.29) is 5.91 Å². The first-order valence-electron chi connectivity index (χ1n) is 10.1. The van der Waals surface area contributed by atoms with Crippen LogP contribution in [0.3, 0.4) is 0 Å². The normalized spacial score (nSPS) is 15.2. The lowest BCUT2D eigenvalue weighted by molar-refractivity contribution is -0.117. The summed E-state index contributed by atoms with van der Waals surface area (Å²) in [5.41, 5.74) is 2.67. The molecule has 0 atom stereocenters. The maximum atomic E-state index is 12.6. The standard InChI is InChI=1S/C22H28ClN3O3S/c1-4-18-15(2)30-21(20(18)22(28)29-3)24-19(27)14-26-11-9-25(10-12-26)13-16-5-7-17(23)8-6-16/h5-8H,4,9-14H2,1-3H3,(H,24,27). The number of piperazine rings is 1. The number of benzene rings is 1. The molecule has 0 bridgehead atoms. The highest BCUT2D eigenvalue weighted by Gasteiger charge is 2.24. The molecule has 1 aliphatic heterocycles. The minimum atomic E-state index is -0.401. The molecule has 0 saturated carbocycles. The summed E-state index contributed by atoms with van der Waals surface area (Å²) in [6, 6.07) is 7.93. The predicted molar refractivity (Wildman–Crippen MR) is 122 cm³/mol. The van der Waals surface area contributed by atoms with E-state index in [1.54, 1.807) is 0 Å². The Balaban J connectivity index is 1.53. The SMILES string of the molecule is CCc1c(C)sc(NC(=O)CN2CCN(Cc3ccc(Cl)cc3)CC2)c1C(=O)OC. The van der Waals surface area contributed by atoms with E-state index in [4.69, 9.17) is 16.3 Å². The van der Waals surface area contributed by atoms with Crippen LogP contribution < -0.4 is 5.32 Å². The van der Waals surface area contributed by atoms with Gasteiger partial charge in [-0.3, -0.25) is 14.6 Å². The van der Waals surface area contributed by atoms with E-state index in [0.717, 1.165) is 54.6 Å². The van der Waals surface area contributed by atoms with Gasteiger partial charge in [0.1, 0.15) is 5.00 Å². The van der Waals surface area contributed by atoms with Gasteiger partial charge in [0.05, 0.1) is 19.2 Å². The number of amides is 1. The molecule has 1 aliphatic rings. The van der Waals surface area contributed by atoms with Gasteiger partial charge in [-0.25, -0.2) is 4.79 Å². The van der Waals surface area contributed by atoms with Gasteiger partial charge in [0.15, 0.2) is 0 Å². The first-order chi connectivity index (χ1) is 14.4. The van der Waals surface area contributed by atoms with Crippen molar-refractivity contribution in [1.82, 2.24) is 9.80 Å². The number of hydrogen-bond acceptors (Lipinski definition) is 6. The average molecular weight is 450 g/mol. The van der Waals surface area contributed by atoms with Crippen molar-refractivity contribution >= 4 is 39.8 Å². The Hall–Kier alpha value is -1.93. The minimum absolute atomic E-state index is 0.102. The van der Waals surface area contributed by atoms with Crippen LogP contribution in [0.1, 0.15) is 33.3 Å². The maximum Gasteiger partial charge on any atom is 0.341 e. The molecule has 6 nitrogen and oxygen atoms in total. The summed E-state index contributed by atoms with van der Waals surface area (Å²) in [5.74, 6) is -0.502. The van der Waals surface area contributed by atoms with Crippen LogP contribution >= 0.6 is 22.9 Å². The van der Waals surface area contributed by atoms with Crippen LogP contribution in [0.2, 0.25) is 5.02 Å². The molecule has 1 aromatic heterocycles. The monoisotopic (exact) mass is 449 g/mol. The highest BCUT2D eigenvalue weighted by Crippen LogP contribution is 2.34. The molecule has 1 amide bonds.